The van der Waals surface area contributed by atoms with Crippen molar-refractivity contribution in [1.29, 1.82) is 0 Å². The first-order valence-corrected chi connectivity index (χ1v) is 5.83. The molecule has 0 heterocycles. The van der Waals surface area contributed by atoms with Gasteiger partial charge in [0.2, 0.25) is 11.8 Å². The van der Waals surface area contributed by atoms with E-state index < -0.39 is 11.4 Å². The fourth-order valence-electron chi connectivity index (χ4n) is 1.51. The Bertz CT molecular complexity index is 495. The average Bonchev–Trinajstić information content (AvgIpc) is 2.19. The minimum absolute atomic E-state index is 0.0253. The van der Waals surface area contributed by atoms with Crippen molar-refractivity contribution in [1.82, 2.24) is 0 Å². The molecule has 0 aliphatic heterocycles. The lowest BCUT2D eigenvalue weighted by Gasteiger charge is -2.17. The van der Waals surface area contributed by atoms with E-state index in [4.69, 9.17) is 5.73 Å². The topological polar surface area (TPSA) is 84.2 Å². The number of carbonyl (C=O) groups is 2. The summed E-state index contributed by atoms with van der Waals surface area (Å²) in [5.74, 6) is -1.22. The van der Waals surface area contributed by atoms with Crippen molar-refractivity contribution in [3.63, 3.8) is 0 Å². The Morgan fingerprint density at radius 2 is 1.95 bits per heavy atom. The van der Waals surface area contributed by atoms with E-state index >= 15 is 0 Å². The summed E-state index contributed by atoms with van der Waals surface area (Å²) in [5, 5.41) is 4.95. The van der Waals surface area contributed by atoms with Crippen LogP contribution in [0.2, 0.25) is 0 Å². The van der Waals surface area contributed by atoms with Crippen LogP contribution in [0.15, 0.2) is 18.2 Å². The lowest BCUT2D eigenvalue weighted by molar-refractivity contribution is -0.117. The van der Waals surface area contributed by atoms with Crippen molar-refractivity contribution in [3.8, 4) is 0 Å². The summed E-state index contributed by atoms with van der Waals surface area (Å²) in [6.07, 6.45) is 0.139. The highest BCUT2D eigenvalue weighted by molar-refractivity contribution is 5.93. The highest BCUT2D eigenvalue weighted by atomic mass is 19.1. The van der Waals surface area contributed by atoms with Crippen LogP contribution in [0.3, 0.4) is 0 Å². The van der Waals surface area contributed by atoms with Crippen LogP contribution in [-0.4, -0.2) is 17.4 Å². The molecule has 1 aromatic rings. The molecule has 0 aliphatic rings. The highest BCUT2D eigenvalue weighted by Gasteiger charge is 2.16. The summed E-state index contributed by atoms with van der Waals surface area (Å²) in [4.78, 5) is 22.6. The third-order valence-corrected chi connectivity index (χ3v) is 2.18. The molecule has 104 valence electrons. The van der Waals surface area contributed by atoms with E-state index in [1.54, 1.807) is 13.8 Å². The third kappa shape index (κ3) is 5.48. The van der Waals surface area contributed by atoms with Crippen LogP contribution in [0.1, 0.15) is 27.2 Å². The van der Waals surface area contributed by atoms with E-state index in [-0.39, 0.29) is 23.9 Å². The van der Waals surface area contributed by atoms with Gasteiger partial charge in [0.15, 0.2) is 0 Å². The predicted molar refractivity (Wildman–Crippen MR) is 72.2 cm³/mol. The Morgan fingerprint density at radius 3 is 2.47 bits per heavy atom. The Labute approximate surface area is 111 Å². The molecule has 1 aromatic carbocycles. The largest absolute Gasteiger partial charge is 0.326 e. The third-order valence-electron chi connectivity index (χ3n) is 2.18. The maximum atomic E-state index is 13.4. The summed E-state index contributed by atoms with van der Waals surface area (Å²) in [6, 6.07) is 3.95. The summed E-state index contributed by atoms with van der Waals surface area (Å²) < 4.78 is 13.4. The predicted octanol–water partition coefficient (Wildman–Crippen LogP) is 1.85. The van der Waals surface area contributed by atoms with E-state index in [0.29, 0.717) is 5.69 Å². The molecule has 0 aromatic heterocycles. The summed E-state index contributed by atoms with van der Waals surface area (Å²) in [6.45, 7) is 4.75. The number of hydrogen-bond donors (Lipinski definition) is 3. The van der Waals surface area contributed by atoms with E-state index in [1.165, 1.54) is 25.1 Å². The van der Waals surface area contributed by atoms with E-state index in [9.17, 15) is 14.0 Å². The molecule has 19 heavy (non-hydrogen) atoms. The van der Waals surface area contributed by atoms with Gasteiger partial charge in [-0.05, 0) is 32.0 Å². The lowest BCUT2D eigenvalue weighted by atomic mass is 10.0. The molecule has 0 atom stereocenters. The monoisotopic (exact) mass is 267 g/mol. The van der Waals surface area contributed by atoms with E-state index in [2.05, 4.69) is 10.6 Å². The first kappa shape index (κ1) is 15.1. The molecule has 0 radical (unpaired) electrons. The standard InChI is InChI=1S/C13H18FN3O2/c1-8(18)16-11-6-9(4-5-10(11)14)17-12(19)7-13(2,3)15/h4-6H,7,15H2,1-3H3,(H,16,18)(H,17,19). The normalized spacial score (nSPS) is 11.0. The SMILES string of the molecule is CC(=O)Nc1cc(NC(=O)CC(C)(C)N)ccc1F. The average molecular weight is 267 g/mol. The zero-order valence-corrected chi connectivity index (χ0v) is 11.2. The van der Waals surface area contributed by atoms with Gasteiger partial charge in [-0.3, -0.25) is 9.59 Å². The van der Waals surface area contributed by atoms with Crippen LogP contribution >= 0.6 is 0 Å². The molecule has 0 aliphatic carbocycles. The second-order valence-electron chi connectivity index (χ2n) is 5.09. The molecule has 2 amide bonds. The van der Waals surface area contributed by atoms with Gasteiger partial charge < -0.3 is 16.4 Å². The summed E-state index contributed by atoms with van der Waals surface area (Å²) in [5.41, 5.74) is 5.54. The number of nitrogens with one attached hydrogen (secondary N) is 2. The lowest BCUT2D eigenvalue weighted by Crippen LogP contribution is -2.36. The molecular formula is C13H18FN3O2. The molecule has 1 rings (SSSR count). The van der Waals surface area contributed by atoms with Crippen molar-refractivity contribution in [3.05, 3.63) is 24.0 Å². The molecular weight excluding hydrogens is 249 g/mol. The maximum absolute atomic E-state index is 13.4. The number of halogens is 1. The Kier molecular flexibility index (Phi) is 4.61. The molecule has 0 saturated heterocycles. The van der Waals surface area contributed by atoms with Crippen molar-refractivity contribution in [2.45, 2.75) is 32.7 Å². The number of amides is 2. The van der Waals surface area contributed by atoms with Crippen molar-refractivity contribution in [2.24, 2.45) is 5.73 Å². The molecule has 0 saturated carbocycles. The Balaban J connectivity index is 2.79. The minimum atomic E-state index is -0.620. The van der Waals surface area contributed by atoms with Gasteiger partial charge in [-0.25, -0.2) is 4.39 Å². The number of carbonyl (C=O) groups excluding carboxylic acids is 2. The van der Waals surface area contributed by atoms with E-state index in [0.717, 1.165) is 0 Å². The quantitative estimate of drug-likeness (QED) is 0.778. The first-order valence-electron chi connectivity index (χ1n) is 5.83. The number of benzene rings is 1. The van der Waals surface area contributed by atoms with Crippen LogP contribution in [-0.2, 0) is 9.59 Å². The van der Waals surface area contributed by atoms with Crippen molar-refractivity contribution >= 4 is 23.2 Å². The van der Waals surface area contributed by atoms with Crippen LogP contribution in [0, 0.1) is 5.82 Å². The molecule has 0 unspecified atom stereocenters. The van der Waals surface area contributed by atoms with Gasteiger partial charge in [0.05, 0.1) is 5.69 Å². The van der Waals surface area contributed by atoms with Gasteiger partial charge >= 0.3 is 0 Å². The zero-order chi connectivity index (χ0) is 14.6. The Hall–Kier alpha value is -1.95. The second kappa shape index (κ2) is 5.79. The molecule has 0 fully saturated rings. The van der Waals surface area contributed by atoms with Gasteiger partial charge in [-0.15, -0.1) is 0 Å². The van der Waals surface area contributed by atoms with Crippen molar-refractivity contribution in [2.75, 3.05) is 10.6 Å². The van der Waals surface area contributed by atoms with Crippen LogP contribution in [0.5, 0.6) is 0 Å². The number of nitrogens with two attached hydrogens (primary N) is 1. The molecule has 4 N–H and O–H groups in total. The summed E-state index contributed by atoms with van der Waals surface area (Å²) >= 11 is 0. The number of hydrogen-bond acceptors (Lipinski definition) is 3. The molecule has 6 heteroatoms. The Morgan fingerprint density at radius 1 is 1.32 bits per heavy atom. The number of anilines is 2. The van der Waals surface area contributed by atoms with E-state index in [1.807, 2.05) is 0 Å². The second-order valence-corrected chi connectivity index (χ2v) is 5.09. The van der Waals surface area contributed by atoms with Crippen LogP contribution in [0.25, 0.3) is 0 Å². The smallest absolute Gasteiger partial charge is 0.226 e. The molecule has 0 bridgehead atoms. The van der Waals surface area contributed by atoms with Gasteiger partial charge in [-0.1, -0.05) is 0 Å². The maximum Gasteiger partial charge on any atom is 0.226 e. The molecule has 0 spiro atoms. The fraction of sp³-hybridized carbons (Fsp3) is 0.385. The van der Waals surface area contributed by atoms with Gasteiger partial charge in [0.1, 0.15) is 5.82 Å². The van der Waals surface area contributed by atoms with Gasteiger partial charge in [-0.2, -0.15) is 0 Å². The van der Waals surface area contributed by atoms with Crippen LogP contribution < -0.4 is 16.4 Å². The first-order chi connectivity index (χ1) is 8.67. The zero-order valence-electron chi connectivity index (χ0n) is 11.2. The fourth-order valence-corrected chi connectivity index (χ4v) is 1.51. The summed E-state index contributed by atoms with van der Waals surface area (Å²) in [7, 11) is 0. The van der Waals surface area contributed by atoms with Crippen LogP contribution in [0.4, 0.5) is 15.8 Å². The molecule has 5 nitrogen and oxygen atoms in total. The van der Waals surface area contributed by atoms with Gasteiger partial charge in [0, 0.05) is 24.6 Å². The minimum Gasteiger partial charge on any atom is -0.326 e. The highest BCUT2D eigenvalue weighted by Crippen LogP contribution is 2.20. The number of rotatable bonds is 4. The van der Waals surface area contributed by atoms with Crippen molar-refractivity contribution < 1.29 is 14.0 Å². The van der Waals surface area contributed by atoms with Gasteiger partial charge in [0.25, 0.3) is 0 Å².